The summed E-state index contributed by atoms with van der Waals surface area (Å²) >= 11 is 1.93. The number of anilines is 1. The Balaban J connectivity index is 1.26. The van der Waals surface area contributed by atoms with Crippen LogP contribution in [0.5, 0.6) is 0 Å². The molecule has 0 unspecified atom stereocenters. The molecule has 1 fully saturated rings. The number of hydrogen-bond acceptors (Lipinski definition) is 3. The molecule has 1 saturated heterocycles. The Bertz CT molecular complexity index is 1280. The first-order valence-corrected chi connectivity index (χ1v) is 13.1. The average Bonchev–Trinajstić information content (AvgIpc) is 2.86. The third-order valence-corrected chi connectivity index (χ3v) is 8.50. The molecule has 1 heterocycles. The second kappa shape index (κ2) is 9.85. The third-order valence-electron chi connectivity index (χ3n) is 7.32. The van der Waals surface area contributed by atoms with E-state index < -0.39 is 0 Å². The summed E-state index contributed by atoms with van der Waals surface area (Å²) in [4.78, 5) is 3.56. The lowest BCUT2D eigenvalue weighted by Crippen LogP contribution is -2.27. The van der Waals surface area contributed by atoms with Gasteiger partial charge in [0.25, 0.3) is 0 Å². The van der Waals surface area contributed by atoms with Gasteiger partial charge in [-0.1, -0.05) is 66.7 Å². The fraction of sp³-hybridized carbons (Fsp3) is 0.290. The maximum Gasteiger partial charge on any atom is 0.0441 e. The summed E-state index contributed by atoms with van der Waals surface area (Å²) in [7, 11) is 4.24. The van der Waals surface area contributed by atoms with Gasteiger partial charge in [0.1, 0.15) is 0 Å². The molecule has 174 valence electrons. The van der Waals surface area contributed by atoms with Gasteiger partial charge in [0.15, 0.2) is 0 Å². The van der Waals surface area contributed by atoms with Crippen LogP contribution in [0.25, 0.3) is 21.9 Å². The average molecular weight is 467 g/mol. The second-order valence-electron chi connectivity index (χ2n) is 9.69. The van der Waals surface area contributed by atoms with E-state index in [0.717, 1.165) is 13.1 Å². The molecule has 1 aliphatic rings. The molecule has 34 heavy (non-hydrogen) atoms. The fourth-order valence-electron chi connectivity index (χ4n) is 5.15. The van der Waals surface area contributed by atoms with Gasteiger partial charge in [-0.2, -0.15) is 0 Å². The molecule has 0 bridgehead atoms. The molecule has 2 nitrogen and oxygen atoms in total. The van der Waals surface area contributed by atoms with Crippen molar-refractivity contribution in [2.24, 2.45) is 0 Å². The van der Waals surface area contributed by atoms with E-state index in [0.29, 0.717) is 5.92 Å². The molecule has 3 heteroatoms. The van der Waals surface area contributed by atoms with Gasteiger partial charge in [0.2, 0.25) is 0 Å². The van der Waals surface area contributed by atoms with Gasteiger partial charge in [-0.15, -0.1) is 0 Å². The Morgan fingerprint density at radius 3 is 2.18 bits per heavy atom. The number of fused-ring (bicyclic) bond motifs is 1. The zero-order valence-corrected chi connectivity index (χ0v) is 21.5. The standard InChI is InChI=1S/C31H34N2S/c1-22-8-5-9-27(23(22)2)26-16-14-24(15-17-26)25-18-20-33(21-19-25)34-31-13-7-10-28-29(31)11-6-12-30(28)32(3)4/h5-17,25H,18-21H2,1-4H3. The van der Waals surface area contributed by atoms with Crippen molar-refractivity contribution in [2.45, 2.75) is 37.5 Å². The Labute approximate surface area is 208 Å². The van der Waals surface area contributed by atoms with Gasteiger partial charge < -0.3 is 4.90 Å². The highest BCUT2D eigenvalue weighted by Crippen LogP contribution is 2.38. The normalized spacial score (nSPS) is 15.1. The monoisotopic (exact) mass is 466 g/mol. The first-order chi connectivity index (χ1) is 16.5. The van der Waals surface area contributed by atoms with Crippen molar-refractivity contribution in [2.75, 3.05) is 32.1 Å². The van der Waals surface area contributed by atoms with E-state index in [1.54, 1.807) is 0 Å². The first kappa shape index (κ1) is 23.0. The molecular weight excluding hydrogens is 432 g/mol. The molecule has 0 saturated carbocycles. The Morgan fingerprint density at radius 1 is 0.765 bits per heavy atom. The van der Waals surface area contributed by atoms with E-state index in [-0.39, 0.29) is 0 Å². The Morgan fingerprint density at radius 2 is 1.44 bits per heavy atom. The molecule has 0 aromatic heterocycles. The van der Waals surface area contributed by atoms with Gasteiger partial charge in [0.05, 0.1) is 0 Å². The minimum absolute atomic E-state index is 0.650. The number of benzene rings is 4. The fourth-order valence-corrected chi connectivity index (χ4v) is 6.24. The molecule has 4 aromatic carbocycles. The van der Waals surface area contributed by atoms with Crippen molar-refractivity contribution in [3.8, 4) is 11.1 Å². The number of piperidine rings is 1. The van der Waals surface area contributed by atoms with Crippen LogP contribution in [0.15, 0.2) is 83.8 Å². The van der Waals surface area contributed by atoms with Crippen LogP contribution in [0, 0.1) is 13.8 Å². The van der Waals surface area contributed by atoms with Crippen LogP contribution >= 0.6 is 11.9 Å². The highest BCUT2D eigenvalue weighted by molar-refractivity contribution is 7.97. The zero-order valence-electron chi connectivity index (χ0n) is 20.7. The van der Waals surface area contributed by atoms with Crippen molar-refractivity contribution >= 4 is 28.4 Å². The van der Waals surface area contributed by atoms with Crippen LogP contribution in [0.4, 0.5) is 5.69 Å². The van der Waals surface area contributed by atoms with Gasteiger partial charge in [0, 0.05) is 43.2 Å². The predicted octanol–water partition coefficient (Wildman–Crippen LogP) is 8.08. The van der Waals surface area contributed by atoms with Crippen molar-refractivity contribution in [3.05, 3.63) is 95.6 Å². The summed E-state index contributed by atoms with van der Waals surface area (Å²) < 4.78 is 2.55. The molecule has 1 aliphatic heterocycles. The quantitative estimate of drug-likeness (QED) is 0.275. The number of hydrogen-bond donors (Lipinski definition) is 0. The summed E-state index contributed by atoms with van der Waals surface area (Å²) in [5, 5.41) is 2.68. The van der Waals surface area contributed by atoms with Crippen LogP contribution in [0.2, 0.25) is 0 Å². The lowest BCUT2D eigenvalue weighted by Gasteiger charge is -2.31. The minimum Gasteiger partial charge on any atom is -0.377 e. The van der Waals surface area contributed by atoms with Crippen LogP contribution in [0.1, 0.15) is 35.4 Å². The van der Waals surface area contributed by atoms with E-state index >= 15 is 0 Å². The van der Waals surface area contributed by atoms with Crippen LogP contribution in [-0.2, 0) is 0 Å². The molecule has 4 aromatic rings. The third kappa shape index (κ3) is 4.60. The molecule has 0 N–H and O–H groups in total. The molecule has 0 atom stereocenters. The SMILES string of the molecule is Cc1cccc(-c2ccc(C3CCN(Sc4cccc5c(N(C)C)cccc45)CC3)cc2)c1C. The Kier molecular flexibility index (Phi) is 6.67. The van der Waals surface area contributed by atoms with E-state index in [2.05, 4.69) is 116 Å². The highest BCUT2D eigenvalue weighted by Gasteiger charge is 2.22. The van der Waals surface area contributed by atoms with Crippen molar-refractivity contribution < 1.29 is 0 Å². The van der Waals surface area contributed by atoms with E-state index in [9.17, 15) is 0 Å². The van der Waals surface area contributed by atoms with E-state index in [4.69, 9.17) is 0 Å². The molecule has 0 spiro atoms. The molecule has 0 amide bonds. The largest absolute Gasteiger partial charge is 0.377 e. The lowest BCUT2D eigenvalue weighted by molar-refractivity contribution is 0.346. The van der Waals surface area contributed by atoms with Gasteiger partial charge in [-0.25, -0.2) is 4.31 Å². The molecule has 0 radical (unpaired) electrons. The molecular formula is C31H34N2S. The van der Waals surface area contributed by atoms with Gasteiger partial charge in [-0.05, 0) is 89.9 Å². The summed E-state index contributed by atoms with van der Waals surface area (Å²) in [5.74, 6) is 0.650. The topological polar surface area (TPSA) is 6.48 Å². The minimum atomic E-state index is 0.650. The van der Waals surface area contributed by atoms with Crippen molar-refractivity contribution in [1.82, 2.24) is 4.31 Å². The van der Waals surface area contributed by atoms with Crippen molar-refractivity contribution in [1.29, 1.82) is 0 Å². The van der Waals surface area contributed by atoms with Crippen LogP contribution < -0.4 is 4.90 Å². The first-order valence-electron chi connectivity index (χ1n) is 12.3. The number of aryl methyl sites for hydroxylation is 1. The summed E-state index contributed by atoms with van der Waals surface area (Å²) in [6, 6.07) is 29.3. The van der Waals surface area contributed by atoms with Crippen LogP contribution in [0.3, 0.4) is 0 Å². The summed E-state index contributed by atoms with van der Waals surface area (Å²) in [6.07, 6.45) is 2.42. The van der Waals surface area contributed by atoms with E-state index in [1.807, 2.05) is 11.9 Å². The lowest BCUT2D eigenvalue weighted by atomic mass is 9.88. The van der Waals surface area contributed by atoms with Gasteiger partial charge in [-0.3, -0.25) is 0 Å². The maximum absolute atomic E-state index is 2.55. The smallest absolute Gasteiger partial charge is 0.0441 e. The summed E-state index contributed by atoms with van der Waals surface area (Å²) in [5.41, 5.74) is 8.18. The highest BCUT2D eigenvalue weighted by atomic mass is 32.2. The second-order valence-corrected chi connectivity index (χ2v) is 10.8. The zero-order chi connectivity index (χ0) is 23.7. The van der Waals surface area contributed by atoms with Gasteiger partial charge >= 0.3 is 0 Å². The number of nitrogens with zero attached hydrogens (tertiary/aromatic N) is 2. The summed E-state index contributed by atoms with van der Waals surface area (Å²) in [6.45, 7) is 6.66. The Hall–Kier alpha value is -2.75. The van der Waals surface area contributed by atoms with Crippen LogP contribution in [-0.4, -0.2) is 31.5 Å². The molecule has 0 aliphatic carbocycles. The molecule has 5 rings (SSSR count). The number of rotatable bonds is 5. The maximum atomic E-state index is 2.55. The van der Waals surface area contributed by atoms with E-state index in [1.165, 1.54) is 62.0 Å². The van der Waals surface area contributed by atoms with Crippen molar-refractivity contribution in [3.63, 3.8) is 0 Å². The predicted molar refractivity (Wildman–Crippen MR) is 149 cm³/mol.